The molecule has 0 bridgehead atoms. The number of hydrogen-bond acceptors (Lipinski definition) is 7. The Kier molecular flexibility index (Phi) is 6.56. The van der Waals surface area contributed by atoms with E-state index in [4.69, 9.17) is 9.72 Å². The van der Waals surface area contributed by atoms with E-state index in [-0.39, 0.29) is 22.4 Å². The average Bonchev–Trinajstić information content (AvgIpc) is 3.25. The number of rotatable bonds is 6. The second-order valence-electron chi connectivity index (χ2n) is 6.38. The second-order valence-corrected chi connectivity index (χ2v) is 8.20. The van der Waals surface area contributed by atoms with E-state index in [1.165, 1.54) is 12.3 Å². The van der Waals surface area contributed by atoms with Crippen molar-refractivity contribution in [1.29, 1.82) is 0 Å². The van der Waals surface area contributed by atoms with E-state index in [9.17, 15) is 13.6 Å². The van der Waals surface area contributed by atoms with Crippen LogP contribution in [0.3, 0.4) is 0 Å². The summed E-state index contributed by atoms with van der Waals surface area (Å²) in [6, 6.07) is 10.3. The number of nitrogens with one attached hydrogen (secondary N) is 1. The molecular formula is C20H18F2N4O2S2. The van der Waals surface area contributed by atoms with Crippen molar-refractivity contribution in [2.45, 2.75) is 10.8 Å². The van der Waals surface area contributed by atoms with Crippen molar-refractivity contribution in [2.24, 2.45) is 0 Å². The topological polar surface area (TPSA) is 67.4 Å². The molecule has 1 fully saturated rings. The lowest BCUT2D eigenvalue weighted by Gasteiger charge is -2.26. The summed E-state index contributed by atoms with van der Waals surface area (Å²) in [5, 5.41) is 5.70. The molecule has 1 saturated heterocycles. The Labute approximate surface area is 180 Å². The number of alkyl halides is 2. The van der Waals surface area contributed by atoms with E-state index in [1.54, 1.807) is 29.5 Å². The van der Waals surface area contributed by atoms with Crippen molar-refractivity contribution in [3.63, 3.8) is 0 Å². The quantitative estimate of drug-likeness (QED) is 0.556. The van der Waals surface area contributed by atoms with Crippen LogP contribution in [0.25, 0.3) is 11.3 Å². The number of anilines is 2. The van der Waals surface area contributed by atoms with Gasteiger partial charge in [-0.2, -0.15) is 8.78 Å². The Balaban J connectivity index is 1.44. The summed E-state index contributed by atoms with van der Waals surface area (Å²) in [6.07, 6.45) is 1.38. The van der Waals surface area contributed by atoms with Gasteiger partial charge in [0, 0.05) is 35.9 Å². The van der Waals surface area contributed by atoms with Crippen LogP contribution in [0.2, 0.25) is 0 Å². The van der Waals surface area contributed by atoms with E-state index in [1.807, 2.05) is 17.5 Å². The molecule has 0 spiro atoms. The number of hydrogen-bond donors (Lipinski definition) is 1. The largest absolute Gasteiger partial charge is 0.378 e. The fraction of sp³-hybridized carbons (Fsp3) is 0.250. The normalized spacial score (nSPS) is 14.2. The number of carbonyl (C=O) groups is 1. The zero-order chi connectivity index (χ0) is 20.9. The minimum atomic E-state index is -2.65. The van der Waals surface area contributed by atoms with Crippen LogP contribution >= 0.6 is 23.1 Å². The fourth-order valence-corrected chi connectivity index (χ4v) is 4.43. The maximum atomic E-state index is 12.7. The van der Waals surface area contributed by atoms with Crippen LogP contribution in [0.1, 0.15) is 10.4 Å². The molecule has 1 N–H and O–H groups in total. The summed E-state index contributed by atoms with van der Waals surface area (Å²) in [5.74, 6) is -3.13. The molecular weight excluding hydrogens is 430 g/mol. The lowest BCUT2D eigenvalue weighted by molar-refractivity contribution is 0.102. The summed E-state index contributed by atoms with van der Waals surface area (Å²) in [6.45, 7) is 3.08. The molecule has 30 heavy (non-hydrogen) atoms. The van der Waals surface area contributed by atoms with Gasteiger partial charge in [-0.1, -0.05) is 12.1 Å². The van der Waals surface area contributed by atoms with Gasteiger partial charge in [0.05, 0.1) is 24.5 Å². The maximum Gasteiger partial charge on any atom is 0.290 e. The Bertz CT molecular complexity index is 1010. The van der Waals surface area contributed by atoms with E-state index in [0.717, 1.165) is 29.5 Å². The summed E-state index contributed by atoms with van der Waals surface area (Å²) < 4.78 is 30.8. The van der Waals surface area contributed by atoms with Gasteiger partial charge in [-0.05, 0) is 36.0 Å². The van der Waals surface area contributed by atoms with Gasteiger partial charge in [-0.3, -0.25) is 4.79 Å². The van der Waals surface area contributed by atoms with E-state index in [0.29, 0.717) is 18.9 Å². The number of aromatic nitrogens is 2. The molecule has 0 radical (unpaired) electrons. The average molecular weight is 449 g/mol. The summed E-state index contributed by atoms with van der Waals surface area (Å²) >= 11 is 1.84. The van der Waals surface area contributed by atoms with E-state index >= 15 is 0 Å². The molecule has 156 valence electrons. The smallest absolute Gasteiger partial charge is 0.290 e. The molecule has 1 aromatic carbocycles. The van der Waals surface area contributed by atoms with E-state index in [2.05, 4.69) is 15.2 Å². The molecule has 3 aromatic rings. The first-order chi connectivity index (χ1) is 14.6. The van der Waals surface area contributed by atoms with Gasteiger partial charge in [-0.15, -0.1) is 11.3 Å². The highest BCUT2D eigenvalue weighted by molar-refractivity contribution is 7.99. The maximum absolute atomic E-state index is 12.7. The molecule has 1 amide bonds. The fourth-order valence-electron chi connectivity index (χ4n) is 2.96. The monoisotopic (exact) mass is 448 g/mol. The van der Waals surface area contributed by atoms with Crippen LogP contribution in [0, 0.1) is 0 Å². The number of nitrogens with zero attached hydrogens (tertiary/aromatic N) is 3. The predicted molar refractivity (Wildman–Crippen MR) is 115 cm³/mol. The zero-order valence-corrected chi connectivity index (χ0v) is 17.4. The van der Waals surface area contributed by atoms with Gasteiger partial charge in [0.15, 0.2) is 5.13 Å². The first kappa shape index (κ1) is 20.7. The summed E-state index contributed by atoms with van der Waals surface area (Å²) in [7, 11) is 0. The number of pyridine rings is 1. The SMILES string of the molecule is O=C(Nc1ccc(-c2csc(N3CCOCC3)n2)cc1)c1cccnc1SC(F)F. The number of halogens is 2. The first-order valence-corrected chi connectivity index (χ1v) is 11.0. The van der Waals surface area contributed by atoms with Crippen LogP contribution in [-0.4, -0.2) is 47.9 Å². The minimum Gasteiger partial charge on any atom is -0.378 e. The van der Waals surface area contributed by atoms with Gasteiger partial charge in [0.2, 0.25) is 0 Å². The standard InChI is InChI=1S/C20H18F2N4O2S2/c21-19(22)30-18-15(2-1-7-23-18)17(27)24-14-5-3-13(4-6-14)16-12-29-20(25-16)26-8-10-28-11-9-26/h1-7,12,19H,8-11H2,(H,24,27). The van der Waals surface area contributed by atoms with Crippen LogP contribution in [0.5, 0.6) is 0 Å². The van der Waals surface area contributed by atoms with Crippen LogP contribution in [0.4, 0.5) is 19.6 Å². The minimum absolute atomic E-state index is 0.000245. The number of amides is 1. The highest BCUT2D eigenvalue weighted by atomic mass is 32.2. The molecule has 0 saturated carbocycles. The Hall–Kier alpha value is -2.56. The third-order valence-electron chi connectivity index (χ3n) is 4.43. The van der Waals surface area contributed by atoms with Gasteiger partial charge < -0.3 is 15.0 Å². The van der Waals surface area contributed by atoms with Crippen molar-refractivity contribution in [3.05, 3.63) is 53.5 Å². The molecule has 10 heteroatoms. The predicted octanol–water partition coefficient (Wildman–Crippen LogP) is 4.61. The van der Waals surface area contributed by atoms with Crippen molar-refractivity contribution < 1.29 is 18.3 Å². The number of carbonyl (C=O) groups excluding carboxylic acids is 1. The molecule has 0 unspecified atom stereocenters. The number of thiazole rings is 1. The Morgan fingerprint density at radius 1 is 1.20 bits per heavy atom. The molecule has 0 atom stereocenters. The molecule has 1 aliphatic heterocycles. The molecule has 4 rings (SSSR count). The number of thioether (sulfide) groups is 1. The number of benzene rings is 1. The third-order valence-corrected chi connectivity index (χ3v) is 6.06. The van der Waals surface area contributed by atoms with Crippen molar-refractivity contribution in [1.82, 2.24) is 9.97 Å². The van der Waals surface area contributed by atoms with Crippen molar-refractivity contribution in [2.75, 3.05) is 36.5 Å². The Morgan fingerprint density at radius 3 is 2.70 bits per heavy atom. The lowest BCUT2D eigenvalue weighted by atomic mass is 10.1. The summed E-state index contributed by atoms with van der Waals surface area (Å²) in [5.41, 5.74) is 2.46. The molecule has 1 aliphatic rings. The second kappa shape index (κ2) is 9.50. The van der Waals surface area contributed by atoms with Crippen molar-refractivity contribution >= 4 is 39.8 Å². The van der Waals surface area contributed by atoms with Crippen LogP contribution in [-0.2, 0) is 4.74 Å². The van der Waals surface area contributed by atoms with Gasteiger partial charge in [0.25, 0.3) is 11.7 Å². The summed E-state index contributed by atoms with van der Waals surface area (Å²) in [4.78, 5) is 23.3. The highest BCUT2D eigenvalue weighted by Gasteiger charge is 2.18. The van der Waals surface area contributed by atoms with Gasteiger partial charge in [-0.25, -0.2) is 9.97 Å². The third kappa shape index (κ3) is 4.94. The molecule has 2 aromatic heterocycles. The van der Waals surface area contributed by atoms with Gasteiger partial charge >= 0.3 is 0 Å². The zero-order valence-electron chi connectivity index (χ0n) is 15.8. The van der Waals surface area contributed by atoms with Crippen LogP contribution < -0.4 is 10.2 Å². The van der Waals surface area contributed by atoms with Gasteiger partial charge in [0.1, 0.15) is 5.03 Å². The first-order valence-electron chi connectivity index (χ1n) is 9.20. The lowest BCUT2D eigenvalue weighted by Crippen LogP contribution is -2.36. The molecule has 0 aliphatic carbocycles. The highest BCUT2D eigenvalue weighted by Crippen LogP contribution is 2.29. The van der Waals surface area contributed by atoms with Crippen molar-refractivity contribution in [3.8, 4) is 11.3 Å². The molecule has 6 nitrogen and oxygen atoms in total. The molecule has 3 heterocycles. The number of ether oxygens (including phenoxy) is 1. The Morgan fingerprint density at radius 2 is 1.97 bits per heavy atom. The van der Waals surface area contributed by atoms with Crippen LogP contribution in [0.15, 0.2) is 53.0 Å². The van der Waals surface area contributed by atoms with E-state index < -0.39 is 11.7 Å². The number of morpholine rings is 1.